The molecule has 2 unspecified atom stereocenters. The Hall–Kier alpha value is -2.01. The molecule has 2 aromatic carbocycles. The first-order valence-corrected chi connectivity index (χ1v) is 7.39. The average Bonchev–Trinajstić information content (AvgIpc) is 2.49. The van der Waals surface area contributed by atoms with Crippen molar-refractivity contribution in [2.24, 2.45) is 5.92 Å². The zero-order valence-electron chi connectivity index (χ0n) is 12.1. The quantitative estimate of drug-likeness (QED) is 0.766. The van der Waals surface area contributed by atoms with Crippen LogP contribution >= 0.6 is 0 Å². The highest BCUT2D eigenvalue weighted by Crippen LogP contribution is 2.34. The van der Waals surface area contributed by atoms with Crippen LogP contribution in [0.3, 0.4) is 0 Å². The summed E-state index contributed by atoms with van der Waals surface area (Å²) in [5, 5.41) is 11.5. The van der Waals surface area contributed by atoms with E-state index in [4.69, 9.17) is 0 Å². The number of benzene rings is 2. The fourth-order valence-electron chi connectivity index (χ4n) is 3.26. The highest BCUT2D eigenvalue weighted by molar-refractivity contribution is 5.98. The first-order chi connectivity index (χ1) is 9.70. The molecule has 102 valence electrons. The van der Waals surface area contributed by atoms with Gasteiger partial charge in [0.25, 0.3) is 0 Å². The topological polar surface area (TPSA) is 27.0 Å². The number of piperidine rings is 1. The van der Waals surface area contributed by atoms with Crippen molar-refractivity contribution in [1.29, 1.82) is 5.26 Å². The van der Waals surface area contributed by atoms with E-state index in [1.165, 1.54) is 23.9 Å². The lowest BCUT2D eigenvalue weighted by Crippen LogP contribution is -2.41. The van der Waals surface area contributed by atoms with Crippen LogP contribution in [0.4, 0.5) is 5.69 Å². The maximum absolute atomic E-state index is 9.27. The molecule has 1 fully saturated rings. The van der Waals surface area contributed by atoms with Crippen molar-refractivity contribution in [1.82, 2.24) is 0 Å². The van der Waals surface area contributed by atoms with Crippen LogP contribution in [0.2, 0.25) is 0 Å². The molecular formula is C18H20N2. The van der Waals surface area contributed by atoms with Gasteiger partial charge in [-0.05, 0) is 37.8 Å². The number of anilines is 1. The molecule has 0 saturated carbocycles. The molecule has 2 atom stereocenters. The highest BCUT2D eigenvalue weighted by Gasteiger charge is 2.24. The second kappa shape index (κ2) is 5.17. The molecule has 20 heavy (non-hydrogen) atoms. The number of rotatable bonds is 1. The van der Waals surface area contributed by atoms with Gasteiger partial charge in [-0.1, -0.05) is 31.2 Å². The number of fused-ring (bicyclic) bond motifs is 1. The molecule has 2 heteroatoms. The van der Waals surface area contributed by atoms with Gasteiger partial charge >= 0.3 is 0 Å². The minimum absolute atomic E-state index is 0.572. The van der Waals surface area contributed by atoms with E-state index >= 15 is 0 Å². The predicted octanol–water partition coefficient (Wildman–Crippen LogP) is 4.34. The number of hydrogen-bond donors (Lipinski definition) is 0. The molecule has 2 aromatic rings. The number of nitriles is 1. The van der Waals surface area contributed by atoms with Gasteiger partial charge < -0.3 is 4.90 Å². The van der Waals surface area contributed by atoms with Gasteiger partial charge in [0.2, 0.25) is 0 Å². The van der Waals surface area contributed by atoms with Crippen molar-refractivity contribution in [2.75, 3.05) is 11.4 Å². The van der Waals surface area contributed by atoms with E-state index < -0.39 is 0 Å². The second-order valence-corrected chi connectivity index (χ2v) is 5.97. The molecule has 1 saturated heterocycles. The van der Waals surface area contributed by atoms with Gasteiger partial charge in [-0.25, -0.2) is 0 Å². The summed E-state index contributed by atoms with van der Waals surface area (Å²) >= 11 is 0. The van der Waals surface area contributed by atoms with Crippen molar-refractivity contribution < 1.29 is 0 Å². The highest BCUT2D eigenvalue weighted by atomic mass is 15.2. The van der Waals surface area contributed by atoms with Crippen LogP contribution < -0.4 is 4.90 Å². The van der Waals surface area contributed by atoms with Crippen molar-refractivity contribution in [3.05, 3.63) is 42.0 Å². The molecule has 0 spiro atoms. The van der Waals surface area contributed by atoms with Crippen molar-refractivity contribution in [2.45, 2.75) is 32.7 Å². The van der Waals surface area contributed by atoms with E-state index in [1.807, 2.05) is 12.1 Å². The molecule has 0 aliphatic carbocycles. The van der Waals surface area contributed by atoms with Crippen LogP contribution in [0.1, 0.15) is 32.3 Å². The normalized spacial score (nSPS) is 22.8. The molecule has 0 radical (unpaired) electrons. The Morgan fingerprint density at radius 2 is 1.80 bits per heavy atom. The Balaban J connectivity index is 2.15. The summed E-state index contributed by atoms with van der Waals surface area (Å²) in [5.41, 5.74) is 2.04. The largest absolute Gasteiger partial charge is 0.368 e. The Morgan fingerprint density at radius 1 is 1.05 bits per heavy atom. The van der Waals surface area contributed by atoms with Crippen molar-refractivity contribution in [3.63, 3.8) is 0 Å². The fraction of sp³-hybridized carbons (Fsp3) is 0.389. The number of hydrogen-bond acceptors (Lipinski definition) is 2. The monoisotopic (exact) mass is 264 g/mol. The summed E-state index contributed by atoms with van der Waals surface area (Å²) in [4.78, 5) is 2.51. The summed E-state index contributed by atoms with van der Waals surface area (Å²) in [6.45, 7) is 5.74. The van der Waals surface area contributed by atoms with Crippen LogP contribution in [-0.4, -0.2) is 12.6 Å². The van der Waals surface area contributed by atoms with Gasteiger partial charge in [0.15, 0.2) is 0 Å². The molecule has 1 heterocycles. The van der Waals surface area contributed by atoms with E-state index in [2.05, 4.69) is 49.1 Å². The molecule has 0 amide bonds. The van der Waals surface area contributed by atoms with Gasteiger partial charge in [-0.3, -0.25) is 0 Å². The average molecular weight is 264 g/mol. The van der Waals surface area contributed by atoms with Crippen LogP contribution in [0.25, 0.3) is 10.8 Å². The van der Waals surface area contributed by atoms with E-state index in [9.17, 15) is 5.26 Å². The van der Waals surface area contributed by atoms with Crippen LogP contribution in [0, 0.1) is 17.2 Å². The minimum Gasteiger partial charge on any atom is -0.368 e. The molecular weight excluding hydrogens is 244 g/mol. The maximum atomic E-state index is 9.27. The molecule has 1 aliphatic rings. The summed E-state index contributed by atoms with van der Waals surface area (Å²) in [5.74, 6) is 0.737. The first kappa shape index (κ1) is 13.0. The van der Waals surface area contributed by atoms with Gasteiger partial charge in [0.05, 0.1) is 11.6 Å². The zero-order valence-corrected chi connectivity index (χ0v) is 12.1. The minimum atomic E-state index is 0.572. The lowest BCUT2D eigenvalue weighted by Gasteiger charge is -2.39. The summed E-state index contributed by atoms with van der Waals surface area (Å²) in [6.07, 6.45) is 2.56. The van der Waals surface area contributed by atoms with Crippen molar-refractivity contribution >= 4 is 16.5 Å². The van der Waals surface area contributed by atoms with E-state index in [0.29, 0.717) is 6.04 Å². The lowest BCUT2D eigenvalue weighted by molar-refractivity contribution is 0.391. The van der Waals surface area contributed by atoms with Gasteiger partial charge in [0.1, 0.15) is 0 Å². The van der Waals surface area contributed by atoms with Crippen molar-refractivity contribution in [3.8, 4) is 6.07 Å². The van der Waals surface area contributed by atoms with Gasteiger partial charge in [-0.2, -0.15) is 5.26 Å². The Morgan fingerprint density at radius 3 is 2.55 bits per heavy atom. The third-order valence-electron chi connectivity index (χ3n) is 4.45. The van der Waals surface area contributed by atoms with Crippen LogP contribution in [0.15, 0.2) is 36.4 Å². The Bertz CT molecular complexity index is 669. The number of nitrogens with zero attached hydrogens (tertiary/aromatic N) is 2. The first-order valence-electron chi connectivity index (χ1n) is 7.39. The predicted molar refractivity (Wildman–Crippen MR) is 83.9 cm³/mol. The summed E-state index contributed by atoms with van der Waals surface area (Å²) in [7, 11) is 0. The molecule has 0 N–H and O–H groups in total. The standard InChI is InChI=1S/C18H20N2/c1-13-7-8-14(2)20(12-13)18-10-9-15(11-19)16-5-3-4-6-17(16)18/h3-6,9-10,13-14H,7-8,12H2,1-2H3. The Labute approximate surface area is 120 Å². The van der Waals surface area contributed by atoms with Gasteiger partial charge in [-0.15, -0.1) is 0 Å². The van der Waals surface area contributed by atoms with Gasteiger partial charge in [0, 0.05) is 29.0 Å². The van der Waals surface area contributed by atoms with Crippen LogP contribution in [0.5, 0.6) is 0 Å². The lowest BCUT2D eigenvalue weighted by atomic mass is 9.93. The SMILES string of the molecule is CC1CCC(C)N(c2ccc(C#N)c3ccccc23)C1. The maximum Gasteiger partial charge on any atom is 0.0998 e. The third-order valence-corrected chi connectivity index (χ3v) is 4.45. The molecule has 0 bridgehead atoms. The fourth-order valence-corrected chi connectivity index (χ4v) is 3.26. The van der Waals surface area contributed by atoms with E-state index in [1.54, 1.807) is 0 Å². The van der Waals surface area contributed by atoms with E-state index in [0.717, 1.165) is 23.4 Å². The molecule has 3 rings (SSSR count). The zero-order chi connectivity index (χ0) is 14.1. The van der Waals surface area contributed by atoms with Crippen LogP contribution in [-0.2, 0) is 0 Å². The summed E-state index contributed by atoms with van der Waals surface area (Å²) in [6, 6.07) is 15.2. The summed E-state index contributed by atoms with van der Waals surface area (Å²) < 4.78 is 0. The molecule has 0 aromatic heterocycles. The third kappa shape index (κ3) is 2.14. The Kier molecular flexibility index (Phi) is 3.36. The molecule has 2 nitrogen and oxygen atoms in total. The molecule has 1 aliphatic heterocycles. The smallest absolute Gasteiger partial charge is 0.0998 e. The second-order valence-electron chi connectivity index (χ2n) is 5.97. The van der Waals surface area contributed by atoms with E-state index in [-0.39, 0.29) is 0 Å².